The molecule has 0 spiro atoms. The summed E-state index contributed by atoms with van der Waals surface area (Å²) in [5.41, 5.74) is 6.84. The van der Waals surface area contributed by atoms with Crippen molar-refractivity contribution in [1.29, 1.82) is 0 Å². The van der Waals surface area contributed by atoms with Crippen LogP contribution in [0.5, 0.6) is 5.75 Å². The van der Waals surface area contributed by atoms with Crippen LogP contribution in [-0.4, -0.2) is 12.6 Å². The van der Waals surface area contributed by atoms with Crippen LogP contribution < -0.4 is 10.5 Å². The Morgan fingerprint density at radius 3 is 2.69 bits per heavy atom. The van der Waals surface area contributed by atoms with Gasteiger partial charge < -0.3 is 10.5 Å². The minimum Gasteiger partial charge on any atom is -0.492 e. The first-order valence-electron chi connectivity index (χ1n) is 5.35. The van der Waals surface area contributed by atoms with E-state index in [1.165, 1.54) is 13.2 Å². The predicted molar refractivity (Wildman–Crippen MR) is 62.4 cm³/mol. The Labute approximate surface area is 99.5 Å². The number of nitrogens with two attached hydrogens (primary N) is 1. The lowest BCUT2D eigenvalue weighted by molar-refractivity contribution is 0.386. The maximum atomic E-state index is 13.5. The highest BCUT2D eigenvalue weighted by molar-refractivity contribution is 6.32. The van der Waals surface area contributed by atoms with Gasteiger partial charge in [-0.05, 0) is 43.4 Å². The molecule has 2 rings (SSSR count). The summed E-state index contributed by atoms with van der Waals surface area (Å²) >= 11 is 5.90. The molecule has 0 aliphatic heterocycles. The molecule has 1 fully saturated rings. The van der Waals surface area contributed by atoms with E-state index in [-0.39, 0.29) is 11.3 Å². The number of rotatable bonds is 4. The van der Waals surface area contributed by atoms with Crippen molar-refractivity contribution in [1.82, 2.24) is 0 Å². The van der Waals surface area contributed by atoms with Crippen LogP contribution in [0.3, 0.4) is 0 Å². The van der Waals surface area contributed by atoms with E-state index in [0.29, 0.717) is 5.02 Å². The van der Waals surface area contributed by atoms with Gasteiger partial charge in [0, 0.05) is 5.54 Å². The van der Waals surface area contributed by atoms with Crippen LogP contribution >= 0.6 is 11.6 Å². The van der Waals surface area contributed by atoms with Crippen molar-refractivity contribution in [3.63, 3.8) is 0 Å². The first-order valence-corrected chi connectivity index (χ1v) is 5.73. The van der Waals surface area contributed by atoms with E-state index in [1.807, 2.05) is 0 Å². The number of methoxy groups -OCH3 is 1. The topological polar surface area (TPSA) is 35.2 Å². The monoisotopic (exact) mass is 243 g/mol. The van der Waals surface area contributed by atoms with E-state index >= 15 is 0 Å². The van der Waals surface area contributed by atoms with E-state index in [9.17, 15) is 4.39 Å². The van der Waals surface area contributed by atoms with Crippen LogP contribution in [0.2, 0.25) is 5.02 Å². The summed E-state index contributed by atoms with van der Waals surface area (Å²) in [6.45, 7) is 0. The van der Waals surface area contributed by atoms with Gasteiger partial charge in [-0.2, -0.15) is 0 Å². The molecular formula is C12H15ClFNO. The van der Waals surface area contributed by atoms with Crippen molar-refractivity contribution in [2.45, 2.75) is 31.2 Å². The number of hydrogen-bond acceptors (Lipinski definition) is 2. The highest BCUT2D eigenvalue weighted by Gasteiger charge is 2.37. The second kappa shape index (κ2) is 4.22. The lowest BCUT2D eigenvalue weighted by Gasteiger charge is -2.10. The number of halogens is 2. The van der Waals surface area contributed by atoms with Gasteiger partial charge in [-0.25, -0.2) is 4.39 Å². The third kappa shape index (κ3) is 2.47. The summed E-state index contributed by atoms with van der Waals surface area (Å²) in [5, 5.41) is 0.319. The highest BCUT2D eigenvalue weighted by Crippen LogP contribution is 2.37. The third-order valence-corrected chi connectivity index (χ3v) is 3.35. The van der Waals surface area contributed by atoms with E-state index < -0.39 is 5.82 Å². The summed E-state index contributed by atoms with van der Waals surface area (Å²) in [7, 11) is 1.41. The maximum absolute atomic E-state index is 13.5. The van der Waals surface area contributed by atoms with E-state index in [1.54, 1.807) is 6.07 Å². The molecule has 0 unspecified atom stereocenters. The minimum absolute atomic E-state index is 0.0110. The molecule has 1 aliphatic rings. The van der Waals surface area contributed by atoms with Gasteiger partial charge in [0.05, 0.1) is 12.1 Å². The summed E-state index contributed by atoms with van der Waals surface area (Å²) in [5.74, 6) is -0.300. The fourth-order valence-corrected chi connectivity index (χ4v) is 2.06. The number of ether oxygens (including phenoxy) is 1. The first kappa shape index (κ1) is 11.7. The largest absolute Gasteiger partial charge is 0.492 e. The second-order valence-electron chi connectivity index (χ2n) is 4.46. The number of hydrogen-bond donors (Lipinski definition) is 1. The summed E-state index contributed by atoms with van der Waals surface area (Å²) < 4.78 is 18.4. The van der Waals surface area contributed by atoms with Crippen LogP contribution in [0.15, 0.2) is 12.1 Å². The van der Waals surface area contributed by atoms with Gasteiger partial charge in [0.25, 0.3) is 0 Å². The average Bonchev–Trinajstić information content (AvgIpc) is 2.94. The molecule has 2 nitrogen and oxygen atoms in total. The predicted octanol–water partition coefficient (Wildman–Crippen LogP) is 2.91. The Morgan fingerprint density at radius 2 is 2.19 bits per heavy atom. The van der Waals surface area contributed by atoms with Crippen molar-refractivity contribution in [2.24, 2.45) is 5.73 Å². The van der Waals surface area contributed by atoms with Gasteiger partial charge in [0.15, 0.2) is 11.6 Å². The molecule has 0 aromatic heterocycles. The third-order valence-electron chi connectivity index (χ3n) is 3.07. The molecule has 0 radical (unpaired) electrons. The SMILES string of the molecule is COc1c(F)cc(CCC2(N)CC2)cc1Cl. The Balaban J connectivity index is 2.10. The average molecular weight is 244 g/mol. The van der Waals surface area contributed by atoms with Crippen molar-refractivity contribution >= 4 is 11.6 Å². The standard InChI is InChI=1S/C12H15ClFNO/c1-16-11-9(13)6-8(7-10(11)14)2-3-12(15)4-5-12/h6-7H,2-5,15H2,1H3. The van der Waals surface area contributed by atoms with Crippen molar-refractivity contribution in [2.75, 3.05) is 7.11 Å². The van der Waals surface area contributed by atoms with E-state index in [0.717, 1.165) is 31.2 Å². The van der Waals surface area contributed by atoms with Gasteiger partial charge in [-0.15, -0.1) is 0 Å². The van der Waals surface area contributed by atoms with Gasteiger partial charge in [-0.3, -0.25) is 0 Å². The normalized spacial score (nSPS) is 17.2. The zero-order chi connectivity index (χ0) is 11.8. The molecule has 2 N–H and O–H groups in total. The molecule has 16 heavy (non-hydrogen) atoms. The van der Waals surface area contributed by atoms with Crippen LogP contribution in [0.4, 0.5) is 4.39 Å². The van der Waals surface area contributed by atoms with Crippen LogP contribution in [-0.2, 0) is 6.42 Å². The lowest BCUT2D eigenvalue weighted by atomic mass is 10.0. The highest BCUT2D eigenvalue weighted by atomic mass is 35.5. The molecule has 1 aromatic rings. The molecule has 0 bridgehead atoms. The summed E-state index contributed by atoms with van der Waals surface area (Å²) in [6.07, 6.45) is 3.78. The van der Waals surface area contributed by atoms with Gasteiger partial charge in [-0.1, -0.05) is 11.6 Å². The zero-order valence-corrected chi connectivity index (χ0v) is 9.98. The van der Waals surface area contributed by atoms with Crippen molar-refractivity contribution in [3.05, 3.63) is 28.5 Å². The Bertz CT molecular complexity index is 381. The fraction of sp³-hybridized carbons (Fsp3) is 0.500. The Morgan fingerprint density at radius 1 is 1.50 bits per heavy atom. The molecule has 0 saturated heterocycles. The molecular weight excluding hydrogens is 229 g/mol. The van der Waals surface area contributed by atoms with Crippen molar-refractivity contribution < 1.29 is 9.13 Å². The van der Waals surface area contributed by atoms with E-state index in [2.05, 4.69) is 0 Å². The molecule has 1 saturated carbocycles. The molecule has 1 aliphatic carbocycles. The molecule has 4 heteroatoms. The summed E-state index contributed by atoms with van der Waals surface area (Å²) in [6, 6.07) is 3.21. The lowest BCUT2D eigenvalue weighted by Crippen LogP contribution is -2.22. The molecule has 0 amide bonds. The Kier molecular flexibility index (Phi) is 3.08. The minimum atomic E-state index is -0.410. The fourth-order valence-electron chi connectivity index (χ4n) is 1.76. The quantitative estimate of drug-likeness (QED) is 0.883. The number of aryl methyl sites for hydroxylation is 1. The second-order valence-corrected chi connectivity index (χ2v) is 4.86. The maximum Gasteiger partial charge on any atom is 0.173 e. The Hall–Kier alpha value is -0.800. The smallest absolute Gasteiger partial charge is 0.173 e. The zero-order valence-electron chi connectivity index (χ0n) is 9.22. The van der Waals surface area contributed by atoms with E-state index in [4.69, 9.17) is 22.1 Å². The van der Waals surface area contributed by atoms with Crippen LogP contribution in [0.25, 0.3) is 0 Å². The van der Waals surface area contributed by atoms with Crippen LogP contribution in [0, 0.1) is 5.82 Å². The van der Waals surface area contributed by atoms with Crippen LogP contribution in [0.1, 0.15) is 24.8 Å². The number of benzene rings is 1. The molecule has 1 aromatic carbocycles. The summed E-state index contributed by atoms with van der Waals surface area (Å²) in [4.78, 5) is 0. The van der Waals surface area contributed by atoms with Gasteiger partial charge in [0.2, 0.25) is 0 Å². The molecule has 0 heterocycles. The van der Waals surface area contributed by atoms with Crippen molar-refractivity contribution in [3.8, 4) is 5.75 Å². The van der Waals surface area contributed by atoms with Gasteiger partial charge >= 0.3 is 0 Å². The molecule has 0 atom stereocenters. The molecule has 88 valence electrons. The van der Waals surface area contributed by atoms with Gasteiger partial charge in [0.1, 0.15) is 0 Å². The first-order chi connectivity index (χ1) is 7.54.